The van der Waals surface area contributed by atoms with E-state index in [4.69, 9.17) is 5.73 Å². The Morgan fingerprint density at radius 3 is 2.61 bits per heavy atom. The predicted molar refractivity (Wildman–Crippen MR) is 61.2 cm³/mol. The van der Waals surface area contributed by atoms with Crippen LogP contribution in [0.25, 0.3) is 5.69 Å². The molecule has 96 valence electrons. The van der Waals surface area contributed by atoms with Crippen LogP contribution in [-0.2, 0) is 12.7 Å². The first-order chi connectivity index (χ1) is 8.41. The van der Waals surface area contributed by atoms with Gasteiger partial charge in [-0.15, -0.1) is 0 Å². The molecule has 0 fully saturated rings. The number of nitrogens with zero attached hydrogens (tertiary/aromatic N) is 2. The third-order valence-electron chi connectivity index (χ3n) is 2.61. The Morgan fingerprint density at radius 1 is 1.33 bits per heavy atom. The Labute approximate surface area is 102 Å². The van der Waals surface area contributed by atoms with Gasteiger partial charge < -0.3 is 5.73 Å². The zero-order chi connectivity index (χ0) is 13.3. The number of hydrogen-bond donors (Lipinski definition) is 1. The van der Waals surface area contributed by atoms with Gasteiger partial charge in [-0.05, 0) is 18.6 Å². The van der Waals surface area contributed by atoms with Crippen molar-refractivity contribution in [2.75, 3.05) is 0 Å². The van der Waals surface area contributed by atoms with E-state index in [9.17, 15) is 13.2 Å². The zero-order valence-electron chi connectivity index (χ0n) is 9.70. The van der Waals surface area contributed by atoms with Crippen LogP contribution in [0.2, 0.25) is 0 Å². The van der Waals surface area contributed by atoms with Gasteiger partial charge >= 0.3 is 6.18 Å². The third kappa shape index (κ3) is 2.38. The molecule has 0 unspecified atom stereocenters. The summed E-state index contributed by atoms with van der Waals surface area (Å²) in [6.45, 7) is 2.14. The first-order valence-electron chi connectivity index (χ1n) is 5.33. The van der Waals surface area contributed by atoms with Gasteiger partial charge in [0.15, 0.2) is 0 Å². The van der Waals surface area contributed by atoms with E-state index >= 15 is 0 Å². The second-order valence-electron chi connectivity index (χ2n) is 4.01. The minimum absolute atomic E-state index is 0.248. The average molecular weight is 255 g/mol. The van der Waals surface area contributed by atoms with Crippen LogP contribution in [-0.4, -0.2) is 9.78 Å². The van der Waals surface area contributed by atoms with E-state index in [1.165, 1.54) is 4.68 Å². The molecule has 0 bridgehead atoms. The summed E-state index contributed by atoms with van der Waals surface area (Å²) in [4.78, 5) is 0. The van der Waals surface area contributed by atoms with Crippen LogP contribution >= 0.6 is 0 Å². The van der Waals surface area contributed by atoms with E-state index in [0.29, 0.717) is 5.69 Å². The van der Waals surface area contributed by atoms with Crippen molar-refractivity contribution in [3.63, 3.8) is 0 Å². The maximum atomic E-state index is 12.5. The molecule has 2 rings (SSSR count). The largest absolute Gasteiger partial charge is 0.419 e. The van der Waals surface area contributed by atoms with Crippen LogP contribution < -0.4 is 5.73 Å². The minimum Gasteiger partial charge on any atom is -0.326 e. The first kappa shape index (κ1) is 12.6. The standard InChI is InChI=1S/C12H12F3N3/c1-8-2-3-11(9(4-8)5-16)18-7-10(6-17-18)12(13,14)15/h2-4,6-7H,5,16H2,1H3. The Kier molecular flexibility index (Phi) is 3.13. The smallest absolute Gasteiger partial charge is 0.326 e. The summed E-state index contributed by atoms with van der Waals surface area (Å²) in [7, 11) is 0. The van der Waals surface area contributed by atoms with Crippen molar-refractivity contribution in [3.8, 4) is 5.69 Å². The van der Waals surface area contributed by atoms with Gasteiger partial charge in [-0.25, -0.2) is 4.68 Å². The minimum atomic E-state index is -4.38. The molecule has 1 heterocycles. The first-order valence-corrected chi connectivity index (χ1v) is 5.33. The lowest BCUT2D eigenvalue weighted by Gasteiger charge is -2.08. The number of aryl methyl sites for hydroxylation is 1. The molecule has 0 aliphatic carbocycles. The highest BCUT2D eigenvalue weighted by Gasteiger charge is 2.32. The molecular formula is C12H12F3N3. The lowest BCUT2D eigenvalue weighted by atomic mass is 10.1. The number of alkyl halides is 3. The summed E-state index contributed by atoms with van der Waals surface area (Å²) < 4.78 is 38.7. The molecule has 1 aromatic heterocycles. The maximum absolute atomic E-state index is 12.5. The van der Waals surface area contributed by atoms with Crippen molar-refractivity contribution in [1.29, 1.82) is 0 Å². The Morgan fingerprint density at radius 2 is 2.06 bits per heavy atom. The predicted octanol–water partition coefficient (Wildman–Crippen LogP) is 2.66. The summed E-state index contributed by atoms with van der Waals surface area (Å²) in [6.07, 6.45) is -2.62. The summed E-state index contributed by atoms with van der Waals surface area (Å²) in [5.41, 5.74) is 7.14. The van der Waals surface area contributed by atoms with Crippen molar-refractivity contribution < 1.29 is 13.2 Å². The molecule has 6 heteroatoms. The van der Waals surface area contributed by atoms with Crippen molar-refractivity contribution in [2.45, 2.75) is 19.6 Å². The summed E-state index contributed by atoms with van der Waals surface area (Å²) >= 11 is 0. The fourth-order valence-corrected chi connectivity index (χ4v) is 1.70. The quantitative estimate of drug-likeness (QED) is 0.896. The van der Waals surface area contributed by atoms with Gasteiger partial charge in [0.1, 0.15) is 0 Å². The fourth-order valence-electron chi connectivity index (χ4n) is 1.70. The second kappa shape index (κ2) is 4.45. The van der Waals surface area contributed by atoms with E-state index in [0.717, 1.165) is 23.5 Å². The van der Waals surface area contributed by atoms with Crippen LogP contribution in [0.5, 0.6) is 0 Å². The van der Waals surface area contributed by atoms with Crippen LogP contribution in [0.3, 0.4) is 0 Å². The van der Waals surface area contributed by atoms with Gasteiger partial charge in [0, 0.05) is 12.7 Å². The van der Waals surface area contributed by atoms with Crippen molar-refractivity contribution in [2.24, 2.45) is 5.73 Å². The van der Waals surface area contributed by atoms with Crippen LogP contribution in [0.15, 0.2) is 30.6 Å². The van der Waals surface area contributed by atoms with Gasteiger partial charge in [0.05, 0.1) is 17.4 Å². The number of benzene rings is 1. The highest BCUT2D eigenvalue weighted by Crippen LogP contribution is 2.29. The van der Waals surface area contributed by atoms with E-state index < -0.39 is 11.7 Å². The van der Waals surface area contributed by atoms with Gasteiger partial charge in [-0.1, -0.05) is 17.7 Å². The molecule has 0 aliphatic rings. The summed E-state index contributed by atoms with van der Waals surface area (Å²) in [6, 6.07) is 5.36. The highest BCUT2D eigenvalue weighted by molar-refractivity contribution is 5.43. The molecule has 0 saturated heterocycles. The molecule has 2 N–H and O–H groups in total. The molecule has 18 heavy (non-hydrogen) atoms. The average Bonchev–Trinajstić information content (AvgIpc) is 2.77. The van der Waals surface area contributed by atoms with E-state index in [-0.39, 0.29) is 6.54 Å². The van der Waals surface area contributed by atoms with Gasteiger partial charge in [0.25, 0.3) is 0 Å². The molecule has 2 aromatic rings. The highest BCUT2D eigenvalue weighted by atomic mass is 19.4. The zero-order valence-corrected chi connectivity index (χ0v) is 9.70. The molecule has 0 spiro atoms. The number of nitrogens with two attached hydrogens (primary N) is 1. The molecule has 3 nitrogen and oxygen atoms in total. The Balaban J connectivity index is 2.46. The molecule has 0 saturated carbocycles. The SMILES string of the molecule is Cc1ccc(-n2cc(C(F)(F)F)cn2)c(CN)c1. The van der Waals surface area contributed by atoms with Crippen molar-refractivity contribution in [1.82, 2.24) is 9.78 Å². The lowest BCUT2D eigenvalue weighted by Crippen LogP contribution is -2.06. The molecular weight excluding hydrogens is 243 g/mol. The van der Waals surface area contributed by atoms with Gasteiger partial charge in [0.2, 0.25) is 0 Å². The molecule has 0 radical (unpaired) electrons. The molecule has 0 aliphatic heterocycles. The second-order valence-corrected chi connectivity index (χ2v) is 4.01. The Bertz CT molecular complexity index is 558. The normalized spacial score (nSPS) is 11.8. The van der Waals surface area contributed by atoms with Crippen LogP contribution in [0.1, 0.15) is 16.7 Å². The summed E-state index contributed by atoms with van der Waals surface area (Å²) in [5.74, 6) is 0. The summed E-state index contributed by atoms with van der Waals surface area (Å²) in [5, 5.41) is 3.73. The number of halogens is 3. The number of rotatable bonds is 2. The van der Waals surface area contributed by atoms with Crippen LogP contribution in [0.4, 0.5) is 13.2 Å². The number of hydrogen-bond acceptors (Lipinski definition) is 2. The molecule has 1 aromatic carbocycles. The maximum Gasteiger partial charge on any atom is 0.419 e. The Hall–Kier alpha value is -1.82. The van der Waals surface area contributed by atoms with E-state index in [2.05, 4.69) is 5.10 Å². The van der Waals surface area contributed by atoms with E-state index in [1.54, 1.807) is 6.07 Å². The van der Waals surface area contributed by atoms with Gasteiger partial charge in [-0.3, -0.25) is 0 Å². The topological polar surface area (TPSA) is 43.8 Å². The van der Waals surface area contributed by atoms with E-state index in [1.807, 2.05) is 19.1 Å². The van der Waals surface area contributed by atoms with Crippen LogP contribution in [0, 0.1) is 6.92 Å². The molecule has 0 amide bonds. The molecule has 0 atom stereocenters. The fraction of sp³-hybridized carbons (Fsp3) is 0.250. The number of aromatic nitrogens is 2. The monoisotopic (exact) mass is 255 g/mol. The van der Waals surface area contributed by atoms with Crippen molar-refractivity contribution in [3.05, 3.63) is 47.3 Å². The third-order valence-corrected chi connectivity index (χ3v) is 2.61. The van der Waals surface area contributed by atoms with Gasteiger partial charge in [-0.2, -0.15) is 18.3 Å². The van der Waals surface area contributed by atoms with Crippen molar-refractivity contribution >= 4 is 0 Å². The lowest BCUT2D eigenvalue weighted by molar-refractivity contribution is -0.137.